The summed E-state index contributed by atoms with van der Waals surface area (Å²) in [4.78, 5) is 13.8. The molecule has 0 fully saturated rings. The van der Waals surface area contributed by atoms with Crippen LogP contribution < -0.4 is 0 Å². The van der Waals surface area contributed by atoms with Crippen molar-refractivity contribution >= 4 is 37.8 Å². The maximum atomic E-state index is 12.1. The summed E-state index contributed by atoms with van der Waals surface area (Å²) in [6, 6.07) is 17.2. The smallest absolute Gasteiger partial charge is 0.233 e. The highest BCUT2D eigenvalue weighted by Crippen LogP contribution is 2.19. The molecule has 0 saturated heterocycles. The highest BCUT2D eigenvalue weighted by Gasteiger charge is 2.18. The molecule has 1 unspecified atom stereocenters. The lowest BCUT2D eigenvalue weighted by Crippen LogP contribution is -2.35. The SMILES string of the molecule is O=C(CBr)N(Cc1ccccc1)CC(O)c1ccc(Br)cc1. The summed E-state index contributed by atoms with van der Waals surface area (Å²) in [5, 5.41) is 10.6. The Balaban J connectivity index is 2.09. The normalized spacial score (nSPS) is 12.0. The van der Waals surface area contributed by atoms with Gasteiger partial charge in [0, 0.05) is 11.0 Å². The number of aliphatic hydroxyl groups is 1. The predicted molar refractivity (Wildman–Crippen MR) is 94.8 cm³/mol. The number of aliphatic hydroxyl groups excluding tert-OH is 1. The van der Waals surface area contributed by atoms with E-state index in [1.165, 1.54) is 0 Å². The summed E-state index contributed by atoms with van der Waals surface area (Å²) >= 11 is 6.58. The minimum Gasteiger partial charge on any atom is -0.387 e. The monoisotopic (exact) mass is 425 g/mol. The van der Waals surface area contributed by atoms with E-state index in [1.54, 1.807) is 4.90 Å². The number of amides is 1. The Labute approximate surface area is 147 Å². The van der Waals surface area contributed by atoms with Crippen molar-refractivity contribution < 1.29 is 9.90 Å². The van der Waals surface area contributed by atoms with Crippen molar-refractivity contribution in [1.82, 2.24) is 4.90 Å². The van der Waals surface area contributed by atoms with E-state index in [0.717, 1.165) is 15.6 Å². The van der Waals surface area contributed by atoms with Gasteiger partial charge >= 0.3 is 0 Å². The molecular weight excluding hydrogens is 410 g/mol. The Morgan fingerprint density at radius 1 is 1.09 bits per heavy atom. The first-order valence-corrected chi connectivity index (χ1v) is 8.83. The second-order valence-electron chi connectivity index (χ2n) is 4.96. The summed E-state index contributed by atoms with van der Waals surface area (Å²) < 4.78 is 0.959. The van der Waals surface area contributed by atoms with E-state index in [-0.39, 0.29) is 17.8 Å². The molecule has 0 aromatic heterocycles. The third-order valence-corrected chi connectivity index (χ3v) is 4.34. The molecule has 0 saturated carbocycles. The van der Waals surface area contributed by atoms with Crippen LogP contribution in [-0.2, 0) is 11.3 Å². The molecule has 116 valence electrons. The van der Waals surface area contributed by atoms with Crippen LogP contribution in [0.1, 0.15) is 17.2 Å². The summed E-state index contributed by atoms with van der Waals surface area (Å²) in [5.74, 6) is -0.0417. The Bertz CT molecular complexity index is 602. The molecule has 0 bridgehead atoms. The molecule has 0 heterocycles. The van der Waals surface area contributed by atoms with Gasteiger partial charge in [0.1, 0.15) is 0 Å². The Morgan fingerprint density at radius 3 is 2.32 bits per heavy atom. The summed E-state index contributed by atoms with van der Waals surface area (Å²) in [6.07, 6.45) is -0.709. The van der Waals surface area contributed by atoms with Gasteiger partial charge in [0.15, 0.2) is 0 Å². The number of hydrogen-bond acceptors (Lipinski definition) is 2. The number of alkyl halides is 1. The van der Waals surface area contributed by atoms with Crippen LogP contribution >= 0.6 is 31.9 Å². The molecule has 0 radical (unpaired) electrons. The molecule has 2 aromatic carbocycles. The van der Waals surface area contributed by atoms with Gasteiger partial charge < -0.3 is 10.0 Å². The summed E-state index contributed by atoms with van der Waals surface area (Å²) in [7, 11) is 0. The highest BCUT2D eigenvalue weighted by molar-refractivity contribution is 9.10. The van der Waals surface area contributed by atoms with Gasteiger partial charge in [-0.15, -0.1) is 0 Å². The van der Waals surface area contributed by atoms with E-state index in [9.17, 15) is 9.90 Å². The average Bonchev–Trinajstić information content (AvgIpc) is 2.55. The lowest BCUT2D eigenvalue weighted by atomic mass is 10.1. The summed E-state index contributed by atoms with van der Waals surface area (Å²) in [5.41, 5.74) is 1.84. The van der Waals surface area contributed by atoms with Crippen molar-refractivity contribution in [3.8, 4) is 0 Å². The van der Waals surface area contributed by atoms with Crippen LogP contribution in [0.4, 0.5) is 0 Å². The fourth-order valence-corrected chi connectivity index (χ4v) is 2.76. The number of nitrogens with zero attached hydrogens (tertiary/aromatic N) is 1. The van der Waals surface area contributed by atoms with Crippen LogP contribution in [0.3, 0.4) is 0 Å². The van der Waals surface area contributed by atoms with Gasteiger partial charge in [0.25, 0.3) is 0 Å². The first kappa shape index (κ1) is 17.2. The van der Waals surface area contributed by atoms with Crippen LogP contribution in [0.15, 0.2) is 59.1 Å². The minimum atomic E-state index is -0.709. The van der Waals surface area contributed by atoms with E-state index in [4.69, 9.17) is 0 Å². The van der Waals surface area contributed by atoms with Crippen LogP contribution in [0, 0.1) is 0 Å². The van der Waals surface area contributed by atoms with Crippen molar-refractivity contribution in [2.75, 3.05) is 11.9 Å². The molecule has 22 heavy (non-hydrogen) atoms. The van der Waals surface area contributed by atoms with Gasteiger partial charge in [-0.1, -0.05) is 74.3 Å². The largest absolute Gasteiger partial charge is 0.387 e. The first-order chi connectivity index (χ1) is 10.6. The van der Waals surface area contributed by atoms with Crippen molar-refractivity contribution in [2.24, 2.45) is 0 Å². The van der Waals surface area contributed by atoms with Crippen molar-refractivity contribution in [3.63, 3.8) is 0 Å². The molecular formula is C17H17Br2NO2. The van der Waals surface area contributed by atoms with Crippen molar-refractivity contribution in [1.29, 1.82) is 0 Å². The Morgan fingerprint density at radius 2 is 1.73 bits per heavy atom. The first-order valence-electron chi connectivity index (χ1n) is 6.91. The molecule has 5 heteroatoms. The maximum absolute atomic E-state index is 12.1. The number of rotatable bonds is 6. The van der Waals surface area contributed by atoms with E-state index < -0.39 is 6.10 Å². The summed E-state index contributed by atoms with van der Waals surface area (Å²) in [6.45, 7) is 0.750. The average molecular weight is 427 g/mol. The fraction of sp³-hybridized carbons (Fsp3) is 0.235. The fourth-order valence-electron chi connectivity index (χ4n) is 2.14. The van der Waals surface area contributed by atoms with Gasteiger partial charge in [-0.05, 0) is 23.3 Å². The lowest BCUT2D eigenvalue weighted by molar-refractivity contribution is -0.130. The van der Waals surface area contributed by atoms with Crippen LogP contribution in [-0.4, -0.2) is 27.8 Å². The number of benzene rings is 2. The molecule has 0 aliphatic heterocycles. The molecule has 0 spiro atoms. The number of hydrogen-bond donors (Lipinski definition) is 1. The molecule has 0 aliphatic rings. The number of carbonyl (C=O) groups excluding carboxylic acids is 1. The molecule has 1 N–H and O–H groups in total. The third-order valence-electron chi connectivity index (χ3n) is 3.33. The lowest BCUT2D eigenvalue weighted by Gasteiger charge is -2.25. The standard InChI is InChI=1S/C17H17Br2NO2/c18-10-17(22)20(11-13-4-2-1-3-5-13)12-16(21)14-6-8-15(19)9-7-14/h1-9,16,21H,10-12H2. The Kier molecular flexibility index (Phi) is 6.61. The Hall–Kier alpha value is -1.17. The van der Waals surface area contributed by atoms with Crippen LogP contribution in [0.2, 0.25) is 0 Å². The van der Waals surface area contributed by atoms with E-state index >= 15 is 0 Å². The highest BCUT2D eigenvalue weighted by atomic mass is 79.9. The quantitative estimate of drug-likeness (QED) is 0.711. The zero-order valence-electron chi connectivity index (χ0n) is 12.0. The molecule has 1 atom stereocenters. The van der Waals surface area contributed by atoms with Crippen molar-refractivity contribution in [2.45, 2.75) is 12.6 Å². The minimum absolute atomic E-state index is 0.0417. The second-order valence-corrected chi connectivity index (χ2v) is 6.44. The topological polar surface area (TPSA) is 40.5 Å². The van der Waals surface area contributed by atoms with Gasteiger partial charge in [-0.3, -0.25) is 4.79 Å². The van der Waals surface area contributed by atoms with Crippen molar-refractivity contribution in [3.05, 3.63) is 70.2 Å². The van der Waals surface area contributed by atoms with E-state index in [2.05, 4.69) is 31.9 Å². The number of carbonyl (C=O) groups is 1. The zero-order chi connectivity index (χ0) is 15.9. The van der Waals surface area contributed by atoms with Crippen LogP contribution in [0.5, 0.6) is 0 Å². The maximum Gasteiger partial charge on any atom is 0.233 e. The van der Waals surface area contributed by atoms with Gasteiger partial charge in [-0.25, -0.2) is 0 Å². The van der Waals surface area contributed by atoms with E-state index in [0.29, 0.717) is 6.54 Å². The van der Waals surface area contributed by atoms with Crippen LogP contribution in [0.25, 0.3) is 0 Å². The van der Waals surface area contributed by atoms with Gasteiger partial charge in [-0.2, -0.15) is 0 Å². The predicted octanol–water partition coefficient (Wildman–Crippen LogP) is 3.91. The molecule has 0 aliphatic carbocycles. The second kappa shape index (κ2) is 8.46. The van der Waals surface area contributed by atoms with Gasteiger partial charge in [0.05, 0.1) is 18.0 Å². The zero-order valence-corrected chi connectivity index (χ0v) is 15.1. The van der Waals surface area contributed by atoms with E-state index in [1.807, 2.05) is 54.6 Å². The molecule has 3 nitrogen and oxygen atoms in total. The number of halogens is 2. The molecule has 2 aromatic rings. The molecule has 2 rings (SSSR count). The van der Waals surface area contributed by atoms with Gasteiger partial charge in [0.2, 0.25) is 5.91 Å². The third kappa shape index (κ3) is 4.93. The molecule has 1 amide bonds.